The molecule has 1 aliphatic carbocycles. The molecule has 0 unspecified atom stereocenters. The minimum atomic E-state index is -0.413. The number of nitrogens with two attached hydrogens (primary N) is 1. The number of amides is 1. The van der Waals surface area contributed by atoms with Gasteiger partial charge in [-0.1, -0.05) is 17.7 Å². The van der Waals surface area contributed by atoms with Crippen LogP contribution in [0.3, 0.4) is 0 Å². The molecule has 0 bridgehead atoms. The van der Waals surface area contributed by atoms with Crippen LogP contribution in [0.1, 0.15) is 18.4 Å². The van der Waals surface area contributed by atoms with Crippen molar-refractivity contribution in [2.45, 2.75) is 19.3 Å². The Morgan fingerprint density at radius 1 is 1.39 bits per heavy atom. The molecule has 1 amide bonds. The number of hydrogen-bond acceptors (Lipinski definition) is 3. The van der Waals surface area contributed by atoms with Gasteiger partial charge in [0.1, 0.15) is 0 Å². The van der Waals surface area contributed by atoms with Gasteiger partial charge in [-0.15, -0.1) is 0 Å². The molecule has 5 heteroatoms. The van der Waals surface area contributed by atoms with E-state index in [1.54, 1.807) is 13.2 Å². The van der Waals surface area contributed by atoms with Crippen molar-refractivity contribution < 1.29 is 14.3 Å². The van der Waals surface area contributed by atoms with Crippen LogP contribution in [0.15, 0.2) is 12.1 Å². The molecule has 1 aliphatic rings. The molecule has 1 fully saturated rings. The lowest BCUT2D eigenvalue weighted by Crippen LogP contribution is -2.26. The zero-order valence-electron chi connectivity index (χ0n) is 10.5. The highest BCUT2D eigenvalue weighted by Gasteiger charge is 2.48. The van der Waals surface area contributed by atoms with E-state index in [0.29, 0.717) is 22.9 Å². The first kappa shape index (κ1) is 13.0. The highest BCUT2D eigenvalue weighted by molar-refractivity contribution is 6.33. The standard InChI is InChI=1S/C13H16ClNO3/c1-17-9-4-3-8(10(14)11(9)18-2)7-13(5-6-13)12(15)16/h3-4H,5-7H2,1-2H3,(H2,15,16). The Morgan fingerprint density at radius 3 is 2.50 bits per heavy atom. The summed E-state index contributed by atoms with van der Waals surface area (Å²) in [6, 6.07) is 3.64. The molecule has 4 nitrogen and oxygen atoms in total. The third kappa shape index (κ3) is 2.12. The molecule has 0 saturated heterocycles. The molecule has 98 valence electrons. The van der Waals surface area contributed by atoms with Crippen LogP contribution in [0.2, 0.25) is 5.02 Å². The quantitative estimate of drug-likeness (QED) is 0.891. The fraction of sp³-hybridized carbons (Fsp3) is 0.462. The second-order valence-electron chi connectivity index (χ2n) is 4.60. The molecule has 18 heavy (non-hydrogen) atoms. The van der Waals surface area contributed by atoms with Gasteiger partial charge < -0.3 is 15.2 Å². The van der Waals surface area contributed by atoms with Crippen molar-refractivity contribution in [2.75, 3.05) is 14.2 Å². The molecule has 1 saturated carbocycles. The summed E-state index contributed by atoms with van der Waals surface area (Å²) in [6.45, 7) is 0. The lowest BCUT2D eigenvalue weighted by atomic mass is 9.95. The lowest BCUT2D eigenvalue weighted by Gasteiger charge is -2.15. The Labute approximate surface area is 111 Å². The molecule has 1 aromatic rings. The summed E-state index contributed by atoms with van der Waals surface area (Å²) in [6.07, 6.45) is 2.21. The van der Waals surface area contributed by atoms with Crippen LogP contribution < -0.4 is 15.2 Å². The van der Waals surface area contributed by atoms with Gasteiger partial charge in [0.25, 0.3) is 0 Å². The van der Waals surface area contributed by atoms with E-state index in [1.165, 1.54) is 7.11 Å². The molecule has 0 heterocycles. The number of carbonyl (C=O) groups is 1. The van der Waals surface area contributed by atoms with Gasteiger partial charge in [0.2, 0.25) is 5.91 Å². The van der Waals surface area contributed by atoms with E-state index in [0.717, 1.165) is 18.4 Å². The molecular formula is C13H16ClNO3. The predicted octanol–water partition coefficient (Wildman–Crippen LogP) is 2.17. The Morgan fingerprint density at radius 2 is 2.06 bits per heavy atom. The van der Waals surface area contributed by atoms with E-state index in [1.807, 2.05) is 6.07 Å². The average molecular weight is 270 g/mol. The summed E-state index contributed by atoms with van der Waals surface area (Å²) in [7, 11) is 3.09. The maximum Gasteiger partial charge on any atom is 0.223 e. The van der Waals surface area contributed by atoms with E-state index >= 15 is 0 Å². The molecule has 0 atom stereocenters. The van der Waals surface area contributed by atoms with Crippen molar-refractivity contribution in [3.63, 3.8) is 0 Å². The average Bonchev–Trinajstić information content (AvgIpc) is 3.12. The maximum absolute atomic E-state index is 11.4. The van der Waals surface area contributed by atoms with Crippen LogP contribution >= 0.6 is 11.6 Å². The molecule has 1 aromatic carbocycles. The van der Waals surface area contributed by atoms with Crippen LogP contribution in [0.4, 0.5) is 0 Å². The largest absolute Gasteiger partial charge is 0.493 e. The number of methoxy groups -OCH3 is 2. The van der Waals surface area contributed by atoms with Gasteiger partial charge in [-0.25, -0.2) is 0 Å². The normalized spacial score (nSPS) is 16.2. The van der Waals surface area contributed by atoms with Crippen LogP contribution in [0.25, 0.3) is 0 Å². The number of hydrogen-bond donors (Lipinski definition) is 1. The maximum atomic E-state index is 11.4. The summed E-state index contributed by atoms with van der Waals surface area (Å²) in [5.74, 6) is 0.820. The molecule has 0 radical (unpaired) electrons. The zero-order valence-corrected chi connectivity index (χ0v) is 11.2. The van der Waals surface area contributed by atoms with Crippen molar-refractivity contribution in [3.05, 3.63) is 22.7 Å². The van der Waals surface area contributed by atoms with Gasteiger partial charge in [0.05, 0.1) is 24.7 Å². The van der Waals surface area contributed by atoms with Crippen molar-refractivity contribution in [3.8, 4) is 11.5 Å². The van der Waals surface area contributed by atoms with Gasteiger partial charge >= 0.3 is 0 Å². The van der Waals surface area contributed by atoms with E-state index in [4.69, 9.17) is 26.8 Å². The molecule has 0 aromatic heterocycles. The molecular weight excluding hydrogens is 254 g/mol. The number of benzene rings is 1. The topological polar surface area (TPSA) is 61.5 Å². The van der Waals surface area contributed by atoms with Crippen LogP contribution in [-0.4, -0.2) is 20.1 Å². The SMILES string of the molecule is COc1ccc(CC2(C(N)=O)CC2)c(Cl)c1OC. The predicted molar refractivity (Wildman–Crippen MR) is 69.1 cm³/mol. The monoisotopic (exact) mass is 269 g/mol. The summed E-state index contributed by atoms with van der Waals surface area (Å²) in [5, 5.41) is 0.490. The van der Waals surface area contributed by atoms with Gasteiger partial charge in [-0.2, -0.15) is 0 Å². The van der Waals surface area contributed by atoms with Crippen molar-refractivity contribution in [1.29, 1.82) is 0 Å². The van der Waals surface area contributed by atoms with E-state index in [9.17, 15) is 4.79 Å². The highest BCUT2D eigenvalue weighted by Crippen LogP contribution is 2.50. The zero-order chi connectivity index (χ0) is 13.3. The Balaban J connectivity index is 2.32. The third-order valence-electron chi connectivity index (χ3n) is 3.47. The Hall–Kier alpha value is -1.42. The van der Waals surface area contributed by atoms with Crippen molar-refractivity contribution >= 4 is 17.5 Å². The van der Waals surface area contributed by atoms with E-state index < -0.39 is 5.41 Å². The molecule has 0 aliphatic heterocycles. The third-order valence-corrected chi connectivity index (χ3v) is 3.88. The summed E-state index contributed by atoms with van der Waals surface area (Å²) in [5.41, 5.74) is 5.87. The lowest BCUT2D eigenvalue weighted by molar-refractivity contribution is -0.123. The summed E-state index contributed by atoms with van der Waals surface area (Å²) >= 11 is 6.27. The molecule has 0 spiro atoms. The van der Waals surface area contributed by atoms with Crippen molar-refractivity contribution in [1.82, 2.24) is 0 Å². The van der Waals surface area contributed by atoms with Crippen molar-refractivity contribution in [2.24, 2.45) is 11.1 Å². The van der Waals surface area contributed by atoms with Gasteiger partial charge in [-0.3, -0.25) is 4.79 Å². The molecule has 2 N–H and O–H groups in total. The second-order valence-corrected chi connectivity index (χ2v) is 4.97. The van der Waals surface area contributed by atoms with Gasteiger partial charge in [0, 0.05) is 0 Å². The van der Waals surface area contributed by atoms with Gasteiger partial charge in [-0.05, 0) is 30.9 Å². The Bertz CT molecular complexity index is 483. The summed E-state index contributed by atoms with van der Waals surface area (Å²) < 4.78 is 10.4. The fourth-order valence-corrected chi connectivity index (χ4v) is 2.39. The number of halogens is 1. The van der Waals surface area contributed by atoms with E-state index in [-0.39, 0.29) is 5.91 Å². The smallest absolute Gasteiger partial charge is 0.223 e. The number of carbonyl (C=O) groups excluding carboxylic acids is 1. The van der Waals surface area contributed by atoms with Gasteiger partial charge in [0.15, 0.2) is 11.5 Å². The van der Waals surface area contributed by atoms with Crippen LogP contribution in [0, 0.1) is 5.41 Å². The first-order valence-electron chi connectivity index (χ1n) is 5.73. The number of ether oxygens (including phenoxy) is 2. The van der Waals surface area contributed by atoms with E-state index in [2.05, 4.69) is 0 Å². The minimum absolute atomic E-state index is 0.256. The second kappa shape index (κ2) is 4.69. The fourth-order valence-electron chi connectivity index (χ4n) is 2.09. The van der Waals surface area contributed by atoms with Crippen LogP contribution in [0.5, 0.6) is 11.5 Å². The molecule has 2 rings (SSSR count). The Kier molecular flexibility index (Phi) is 3.39. The first-order chi connectivity index (χ1) is 8.54. The first-order valence-corrected chi connectivity index (χ1v) is 6.11. The highest BCUT2D eigenvalue weighted by atomic mass is 35.5. The number of primary amides is 1. The summed E-state index contributed by atoms with van der Waals surface area (Å²) in [4.78, 5) is 11.4. The van der Waals surface area contributed by atoms with Crippen LogP contribution in [-0.2, 0) is 11.2 Å². The minimum Gasteiger partial charge on any atom is -0.493 e. The number of rotatable bonds is 5.